The van der Waals surface area contributed by atoms with Crippen LogP contribution in [0.1, 0.15) is 129 Å². The molecular weight excluding hydrogens is 460 g/mol. The van der Waals surface area contributed by atoms with E-state index in [2.05, 4.69) is 62.5 Å². The largest absolute Gasteiger partial charge is 0.457 e. The van der Waals surface area contributed by atoms with E-state index in [-0.39, 0.29) is 19.2 Å². The molecule has 0 spiro atoms. The van der Waals surface area contributed by atoms with Gasteiger partial charge in [-0.25, -0.2) is 0 Å². The third kappa shape index (κ3) is 28.8. The first-order valence-corrected chi connectivity index (χ1v) is 15.2. The van der Waals surface area contributed by atoms with Gasteiger partial charge in [0.25, 0.3) is 0 Å². The molecule has 0 aliphatic heterocycles. The summed E-state index contributed by atoms with van der Waals surface area (Å²) in [5, 5.41) is 9.49. The third-order valence-corrected chi connectivity index (χ3v) is 6.14. The van der Waals surface area contributed by atoms with Gasteiger partial charge in [-0.2, -0.15) is 0 Å². The molecule has 4 nitrogen and oxygen atoms in total. The van der Waals surface area contributed by atoms with Crippen LogP contribution < -0.4 is 0 Å². The van der Waals surface area contributed by atoms with Crippen molar-refractivity contribution in [1.29, 1.82) is 0 Å². The van der Waals surface area contributed by atoms with Crippen molar-refractivity contribution in [2.45, 2.75) is 136 Å². The van der Waals surface area contributed by atoms with Crippen LogP contribution in [0.15, 0.2) is 48.6 Å². The second kappa shape index (κ2) is 30.6. The van der Waals surface area contributed by atoms with E-state index in [1.54, 1.807) is 0 Å². The minimum Gasteiger partial charge on any atom is -0.457 e. The molecule has 0 aliphatic rings. The topological polar surface area (TPSA) is 55.8 Å². The fourth-order valence-corrected chi connectivity index (χ4v) is 3.85. The van der Waals surface area contributed by atoms with Gasteiger partial charge in [0.1, 0.15) is 6.10 Å². The standard InChI is InChI=1S/C33H58O4/c1-3-5-7-9-11-13-15-17-18-20-22-24-26-28-33(35)37-32(30-34)31-36-29-27-25-23-21-19-16-14-12-10-8-6-4-2/h5,7,10-13,17-18,32,34H,3-4,6,8-9,14-16,19-31H2,1-2H3/b7-5-,12-10-,13-11-,18-17-. The number of carbonyl (C=O) groups is 1. The van der Waals surface area contributed by atoms with Crippen molar-refractivity contribution in [1.82, 2.24) is 0 Å². The number of unbranched alkanes of at least 4 members (excludes halogenated alkanes) is 11. The molecule has 0 saturated heterocycles. The zero-order valence-corrected chi connectivity index (χ0v) is 24.2. The minimum atomic E-state index is -0.550. The van der Waals surface area contributed by atoms with Crippen LogP contribution in [0.3, 0.4) is 0 Å². The summed E-state index contributed by atoms with van der Waals surface area (Å²) in [5.74, 6) is -0.235. The van der Waals surface area contributed by atoms with E-state index in [9.17, 15) is 9.90 Å². The molecule has 1 atom stereocenters. The zero-order chi connectivity index (χ0) is 27.1. The number of hydrogen-bond donors (Lipinski definition) is 1. The minimum absolute atomic E-state index is 0.188. The highest BCUT2D eigenvalue weighted by Gasteiger charge is 2.13. The van der Waals surface area contributed by atoms with Crippen LogP contribution in [0.4, 0.5) is 0 Å². The predicted octanol–water partition coefficient (Wildman–Crippen LogP) is 9.19. The average Bonchev–Trinajstić information content (AvgIpc) is 2.90. The summed E-state index contributed by atoms with van der Waals surface area (Å²) in [6.45, 7) is 5.13. The molecule has 0 aromatic carbocycles. The lowest BCUT2D eigenvalue weighted by Gasteiger charge is -2.15. The van der Waals surface area contributed by atoms with E-state index in [1.807, 2.05) is 0 Å². The van der Waals surface area contributed by atoms with E-state index >= 15 is 0 Å². The molecule has 0 heterocycles. The van der Waals surface area contributed by atoms with Crippen molar-refractivity contribution in [2.24, 2.45) is 0 Å². The fraction of sp³-hybridized carbons (Fsp3) is 0.727. The summed E-state index contributed by atoms with van der Waals surface area (Å²) in [6, 6.07) is 0. The quantitative estimate of drug-likeness (QED) is 0.0669. The first kappa shape index (κ1) is 35.4. The summed E-state index contributed by atoms with van der Waals surface area (Å²) >= 11 is 0. The van der Waals surface area contributed by atoms with Gasteiger partial charge < -0.3 is 14.6 Å². The number of carbonyl (C=O) groups excluding carboxylic acids is 1. The Kier molecular flexibility index (Phi) is 29.2. The number of ether oxygens (including phenoxy) is 2. The molecular formula is C33H58O4. The second-order valence-corrected chi connectivity index (χ2v) is 9.79. The van der Waals surface area contributed by atoms with Gasteiger partial charge in [-0.05, 0) is 64.2 Å². The lowest BCUT2D eigenvalue weighted by Crippen LogP contribution is -2.27. The molecule has 0 radical (unpaired) electrons. The van der Waals surface area contributed by atoms with E-state index in [1.165, 1.54) is 57.8 Å². The summed E-state index contributed by atoms with van der Waals surface area (Å²) in [5.41, 5.74) is 0. The van der Waals surface area contributed by atoms with E-state index in [0.29, 0.717) is 13.0 Å². The summed E-state index contributed by atoms with van der Waals surface area (Å²) in [4.78, 5) is 12.0. The highest BCUT2D eigenvalue weighted by atomic mass is 16.6. The SMILES string of the molecule is CC/C=C\C/C=C\C/C=C\CCCCCC(=O)OC(CO)COCCCCCCCC/C=C\CCCC. The van der Waals surface area contributed by atoms with Crippen LogP contribution in [0.25, 0.3) is 0 Å². The van der Waals surface area contributed by atoms with E-state index < -0.39 is 6.10 Å². The molecule has 214 valence electrons. The van der Waals surface area contributed by atoms with Gasteiger partial charge in [0.2, 0.25) is 0 Å². The molecule has 37 heavy (non-hydrogen) atoms. The van der Waals surface area contributed by atoms with Gasteiger partial charge in [-0.1, -0.05) is 107 Å². The monoisotopic (exact) mass is 518 g/mol. The zero-order valence-electron chi connectivity index (χ0n) is 24.2. The third-order valence-electron chi connectivity index (χ3n) is 6.14. The molecule has 1 unspecified atom stereocenters. The van der Waals surface area contributed by atoms with Crippen LogP contribution in [0.2, 0.25) is 0 Å². The lowest BCUT2D eigenvalue weighted by atomic mass is 10.1. The summed E-state index contributed by atoms with van der Waals surface area (Å²) in [6.07, 6.45) is 37.1. The number of aliphatic hydroxyl groups excluding tert-OH is 1. The molecule has 0 fully saturated rings. The lowest BCUT2D eigenvalue weighted by molar-refractivity contribution is -0.154. The Morgan fingerprint density at radius 3 is 1.86 bits per heavy atom. The van der Waals surface area contributed by atoms with Gasteiger partial charge in [0, 0.05) is 13.0 Å². The molecule has 0 aliphatic carbocycles. The molecule has 0 amide bonds. The predicted molar refractivity (Wildman–Crippen MR) is 159 cm³/mol. The maximum Gasteiger partial charge on any atom is 0.306 e. The molecule has 0 aromatic rings. The molecule has 0 aromatic heterocycles. The molecule has 0 rings (SSSR count). The van der Waals surface area contributed by atoms with Gasteiger partial charge in [-0.15, -0.1) is 0 Å². The van der Waals surface area contributed by atoms with E-state index in [0.717, 1.165) is 51.4 Å². The first-order chi connectivity index (χ1) is 18.2. The van der Waals surface area contributed by atoms with Crippen molar-refractivity contribution in [3.8, 4) is 0 Å². The van der Waals surface area contributed by atoms with Gasteiger partial charge >= 0.3 is 5.97 Å². The van der Waals surface area contributed by atoms with Crippen molar-refractivity contribution >= 4 is 5.97 Å². The number of rotatable bonds is 27. The highest BCUT2D eigenvalue weighted by Crippen LogP contribution is 2.09. The van der Waals surface area contributed by atoms with E-state index in [4.69, 9.17) is 9.47 Å². The number of hydrogen-bond acceptors (Lipinski definition) is 4. The average molecular weight is 519 g/mol. The van der Waals surface area contributed by atoms with Crippen molar-refractivity contribution in [3.63, 3.8) is 0 Å². The molecule has 0 bridgehead atoms. The maximum absolute atomic E-state index is 12.0. The Labute approximate surface area is 229 Å². The summed E-state index contributed by atoms with van der Waals surface area (Å²) in [7, 11) is 0. The van der Waals surface area contributed by atoms with Crippen LogP contribution in [-0.2, 0) is 14.3 Å². The Morgan fingerprint density at radius 1 is 0.676 bits per heavy atom. The van der Waals surface area contributed by atoms with Gasteiger partial charge in [0.15, 0.2) is 0 Å². The fourth-order valence-electron chi connectivity index (χ4n) is 3.85. The second-order valence-electron chi connectivity index (χ2n) is 9.79. The molecule has 4 heteroatoms. The number of aliphatic hydroxyl groups is 1. The van der Waals surface area contributed by atoms with Gasteiger partial charge in [-0.3, -0.25) is 4.79 Å². The van der Waals surface area contributed by atoms with Gasteiger partial charge in [0.05, 0.1) is 13.2 Å². The number of esters is 1. The van der Waals surface area contributed by atoms with Crippen LogP contribution in [0.5, 0.6) is 0 Å². The Morgan fingerprint density at radius 2 is 1.22 bits per heavy atom. The van der Waals surface area contributed by atoms with Crippen LogP contribution in [0, 0.1) is 0 Å². The summed E-state index contributed by atoms with van der Waals surface area (Å²) < 4.78 is 11.0. The first-order valence-electron chi connectivity index (χ1n) is 15.2. The van der Waals surface area contributed by atoms with Crippen LogP contribution >= 0.6 is 0 Å². The van der Waals surface area contributed by atoms with Crippen LogP contribution in [-0.4, -0.2) is 37.0 Å². The van der Waals surface area contributed by atoms with Crippen molar-refractivity contribution < 1.29 is 19.4 Å². The normalized spacial score (nSPS) is 13.1. The van der Waals surface area contributed by atoms with Crippen molar-refractivity contribution in [3.05, 3.63) is 48.6 Å². The highest BCUT2D eigenvalue weighted by molar-refractivity contribution is 5.69. The Bertz CT molecular complexity index is 591. The molecule has 1 N–H and O–H groups in total. The van der Waals surface area contributed by atoms with Crippen molar-refractivity contribution in [2.75, 3.05) is 19.8 Å². The Hall–Kier alpha value is -1.65. The molecule has 0 saturated carbocycles. The number of allylic oxidation sites excluding steroid dienone is 8. The smallest absolute Gasteiger partial charge is 0.306 e. The maximum atomic E-state index is 12.0. The Balaban J connectivity index is 3.55.